The Morgan fingerprint density at radius 2 is 1.73 bits per heavy atom. The summed E-state index contributed by atoms with van der Waals surface area (Å²) in [5, 5.41) is 14.0. The molecular formula is C28H23Cl2N5O3S2. The Morgan fingerprint density at radius 1 is 0.975 bits per heavy atom. The van der Waals surface area contributed by atoms with Gasteiger partial charge in [0.15, 0.2) is 27.6 Å². The molecular weight excluding hydrogens is 589 g/mol. The second kappa shape index (κ2) is 12.7. The first-order chi connectivity index (χ1) is 19.5. The van der Waals surface area contributed by atoms with E-state index in [4.69, 9.17) is 32.7 Å². The summed E-state index contributed by atoms with van der Waals surface area (Å²) < 4.78 is 12.8. The number of rotatable bonds is 10. The maximum Gasteiger partial charge on any atom is 0.236 e. The third-order valence-corrected chi connectivity index (χ3v) is 8.38. The van der Waals surface area contributed by atoms with Gasteiger partial charge in [0.2, 0.25) is 5.91 Å². The van der Waals surface area contributed by atoms with E-state index >= 15 is 0 Å². The third kappa shape index (κ3) is 6.26. The summed E-state index contributed by atoms with van der Waals surface area (Å²) >= 11 is 15.3. The summed E-state index contributed by atoms with van der Waals surface area (Å²) in [6.45, 7) is 0. The van der Waals surface area contributed by atoms with Crippen LogP contribution in [0, 0.1) is 0 Å². The minimum absolute atomic E-state index is 0.113. The van der Waals surface area contributed by atoms with Crippen LogP contribution in [-0.2, 0) is 11.2 Å². The Kier molecular flexibility index (Phi) is 8.91. The summed E-state index contributed by atoms with van der Waals surface area (Å²) in [6, 6.07) is 20.7. The molecule has 1 amide bonds. The van der Waals surface area contributed by atoms with Gasteiger partial charge in [-0.2, -0.15) is 0 Å². The average molecular weight is 613 g/mol. The van der Waals surface area contributed by atoms with E-state index in [9.17, 15) is 4.79 Å². The molecule has 8 nitrogen and oxygen atoms in total. The van der Waals surface area contributed by atoms with E-state index < -0.39 is 0 Å². The van der Waals surface area contributed by atoms with Crippen molar-refractivity contribution in [1.82, 2.24) is 19.7 Å². The molecule has 0 aliphatic heterocycles. The normalized spacial score (nSPS) is 10.9. The molecule has 0 unspecified atom stereocenters. The third-order valence-electron chi connectivity index (χ3n) is 5.83. The fourth-order valence-corrected chi connectivity index (χ4v) is 6.07. The van der Waals surface area contributed by atoms with Crippen molar-refractivity contribution in [2.75, 3.05) is 25.3 Å². The van der Waals surface area contributed by atoms with Gasteiger partial charge in [-0.3, -0.25) is 9.36 Å². The highest BCUT2D eigenvalue weighted by atomic mass is 35.5. The highest BCUT2D eigenvalue weighted by molar-refractivity contribution is 7.99. The zero-order chi connectivity index (χ0) is 28.1. The predicted molar refractivity (Wildman–Crippen MR) is 161 cm³/mol. The van der Waals surface area contributed by atoms with Crippen molar-refractivity contribution in [3.63, 3.8) is 0 Å². The minimum Gasteiger partial charge on any atom is -0.493 e. The minimum atomic E-state index is -0.211. The number of hydrogen-bond donors (Lipinski definition) is 1. The van der Waals surface area contributed by atoms with Gasteiger partial charge in [-0.1, -0.05) is 59.2 Å². The van der Waals surface area contributed by atoms with Gasteiger partial charge in [0, 0.05) is 38.8 Å². The van der Waals surface area contributed by atoms with E-state index in [2.05, 4.69) is 20.5 Å². The maximum atomic E-state index is 12.8. The lowest BCUT2D eigenvalue weighted by Crippen LogP contribution is -2.14. The van der Waals surface area contributed by atoms with E-state index in [1.807, 2.05) is 53.1 Å². The second-order valence-electron chi connectivity index (χ2n) is 8.39. The first kappa shape index (κ1) is 28.0. The van der Waals surface area contributed by atoms with Gasteiger partial charge in [0.25, 0.3) is 0 Å². The number of hydrogen-bond acceptors (Lipinski definition) is 8. The molecule has 0 radical (unpaired) electrons. The number of carbonyl (C=O) groups is 1. The molecule has 0 aliphatic carbocycles. The van der Waals surface area contributed by atoms with Crippen molar-refractivity contribution in [1.29, 1.82) is 0 Å². The largest absolute Gasteiger partial charge is 0.493 e. The standard InChI is InChI=1S/C28H23Cl2N5O3S2/c1-37-23-12-11-17(13-24(23)38-2)26-33-34-28(35(26)18-7-4-3-5-8-18)39-16-25(36)32-27-31-15-19(40-27)14-20-21(29)9-6-10-22(20)30/h3-13,15H,14,16H2,1-2H3,(H,31,32,36). The molecule has 0 saturated carbocycles. The molecule has 3 aromatic carbocycles. The molecule has 40 heavy (non-hydrogen) atoms. The molecule has 5 aromatic rings. The summed E-state index contributed by atoms with van der Waals surface area (Å²) in [7, 11) is 3.17. The number of anilines is 1. The van der Waals surface area contributed by atoms with Crippen molar-refractivity contribution in [2.24, 2.45) is 0 Å². The van der Waals surface area contributed by atoms with Crippen LogP contribution in [0.2, 0.25) is 10.0 Å². The first-order valence-electron chi connectivity index (χ1n) is 12.0. The van der Waals surface area contributed by atoms with Crippen LogP contribution < -0.4 is 14.8 Å². The fourth-order valence-electron chi connectivity index (χ4n) is 3.94. The Morgan fingerprint density at radius 3 is 2.45 bits per heavy atom. The number of carbonyl (C=O) groups excluding carboxylic acids is 1. The van der Waals surface area contributed by atoms with E-state index in [1.165, 1.54) is 23.1 Å². The molecule has 5 rings (SSSR count). The number of benzene rings is 3. The lowest BCUT2D eigenvalue weighted by molar-refractivity contribution is -0.113. The lowest BCUT2D eigenvalue weighted by atomic mass is 10.1. The van der Waals surface area contributed by atoms with Crippen LogP contribution >= 0.6 is 46.3 Å². The van der Waals surface area contributed by atoms with Crippen molar-refractivity contribution < 1.29 is 14.3 Å². The highest BCUT2D eigenvalue weighted by Gasteiger charge is 2.19. The predicted octanol–water partition coefficient (Wildman–Crippen LogP) is 7.04. The molecule has 0 bridgehead atoms. The van der Waals surface area contributed by atoms with Crippen LogP contribution in [0.25, 0.3) is 17.1 Å². The molecule has 0 fully saturated rings. The summed E-state index contributed by atoms with van der Waals surface area (Å²) in [6.07, 6.45) is 2.24. The van der Waals surface area contributed by atoms with Gasteiger partial charge < -0.3 is 14.8 Å². The number of ether oxygens (including phenoxy) is 2. The number of amides is 1. The number of methoxy groups -OCH3 is 2. The van der Waals surface area contributed by atoms with Crippen LogP contribution in [0.3, 0.4) is 0 Å². The van der Waals surface area contributed by atoms with Crippen LogP contribution in [0.4, 0.5) is 5.13 Å². The van der Waals surface area contributed by atoms with E-state index in [1.54, 1.807) is 38.6 Å². The molecule has 0 aliphatic rings. The second-order valence-corrected chi connectivity index (χ2v) is 11.3. The van der Waals surface area contributed by atoms with Crippen LogP contribution in [0.5, 0.6) is 11.5 Å². The Bertz CT molecular complexity index is 1620. The summed E-state index contributed by atoms with van der Waals surface area (Å²) in [5.41, 5.74) is 2.48. The Labute approximate surface area is 249 Å². The molecule has 2 heterocycles. The Hall–Kier alpha value is -3.57. The number of halogens is 2. The van der Waals surface area contributed by atoms with Gasteiger partial charge >= 0.3 is 0 Å². The van der Waals surface area contributed by atoms with Gasteiger partial charge in [-0.15, -0.1) is 21.5 Å². The van der Waals surface area contributed by atoms with E-state index in [0.29, 0.717) is 44.1 Å². The smallest absolute Gasteiger partial charge is 0.236 e. The Balaban J connectivity index is 1.32. The number of aromatic nitrogens is 4. The number of thiazole rings is 1. The van der Waals surface area contributed by atoms with Crippen molar-refractivity contribution in [2.45, 2.75) is 11.6 Å². The number of para-hydroxylation sites is 1. The molecule has 0 spiro atoms. The molecule has 0 atom stereocenters. The fraction of sp³-hybridized carbons (Fsp3) is 0.143. The summed E-state index contributed by atoms with van der Waals surface area (Å²) in [5.74, 6) is 1.71. The summed E-state index contributed by atoms with van der Waals surface area (Å²) in [4.78, 5) is 18.1. The average Bonchev–Trinajstić information content (AvgIpc) is 3.60. The monoisotopic (exact) mass is 611 g/mol. The van der Waals surface area contributed by atoms with Crippen molar-refractivity contribution >= 4 is 57.3 Å². The van der Waals surface area contributed by atoms with Gasteiger partial charge in [-0.05, 0) is 48.0 Å². The van der Waals surface area contributed by atoms with Crippen molar-refractivity contribution in [3.05, 3.63) is 93.4 Å². The van der Waals surface area contributed by atoms with E-state index in [-0.39, 0.29) is 11.7 Å². The molecule has 12 heteroatoms. The van der Waals surface area contributed by atoms with Crippen molar-refractivity contribution in [3.8, 4) is 28.6 Å². The molecule has 204 valence electrons. The maximum absolute atomic E-state index is 12.8. The highest BCUT2D eigenvalue weighted by Crippen LogP contribution is 2.34. The molecule has 0 saturated heterocycles. The first-order valence-corrected chi connectivity index (χ1v) is 14.6. The zero-order valence-corrected chi connectivity index (χ0v) is 24.6. The number of nitrogens with one attached hydrogen (secondary N) is 1. The SMILES string of the molecule is COc1ccc(-c2nnc(SCC(=O)Nc3ncc(Cc4c(Cl)cccc4Cl)s3)n2-c2ccccc2)cc1OC. The van der Waals surface area contributed by atoms with Crippen LogP contribution in [-0.4, -0.2) is 45.6 Å². The zero-order valence-electron chi connectivity index (χ0n) is 21.4. The van der Waals surface area contributed by atoms with Crippen LogP contribution in [0.1, 0.15) is 10.4 Å². The molecule has 1 N–H and O–H groups in total. The lowest BCUT2D eigenvalue weighted by Gasteiger charge is -2.12. The molecule has 2 aromatic heterocycles. The van der Waals surface area contributed by atoms with Gasteiger partial charge in [0.05, 0.1) is 20.0 Å². The topological polar surface area (TPSA) is 91.2 Å². The van der Waals surface area contributed by atoms with E-state index in [0.717, 1.165) is 21.7 Å². The van der Waals surface area contributed by atoms with Gasteiger partial charge in [-0.25, -0.2) is 4.98 Å². The quantitative estimate of drug-likeness (QED) is 0.169. The number of thioether (sulfide) groups is 1. The van der Waals surface area contributed by atoms with Gasteiger partial charge in [0.1, 0.15) is 0 Å². The number of nitrogens with zero attached hydrogens (tertiary/aromatic N) is 4. The van der Waals surface area contributed by atoms with Crippen LogP contribution in [0.15, 0.2) is 78.1 Å².